The van der Waals surface area contributed by atoms with E-state index < -0.39 is 0 Å². The molecule has 4 rings (SSSR count). The van der Waals surface area contributed by atoms with Gasteiger partial charge in [0.15, 0.2) is 5.09 Å². The number of anilines is 1. The average molecular weight is 428 g/mol. The number of imide groups is 1. The van der Waals surface area contributed by atoms with Crippen LogP contribution in [0.25, 0.3) is 6.08 Å². The molecular weight excluding hydrogens is 414 g/mol. The Labute approximate surface area is 175 Å². The molecule has 2 heterocycles. The van der Waals surface area contributed by atoms with Crippen molar-refractivity contribution in [1.29, 1.82) is 0 Å². The summed E-state index contributed by atoms with van der Waals surface area (Å²) in [5, 5.41) is 0.909. The lowest BCUT2D eigenvalue weighted by molar-refractivity contribution is -0.113. The van der Waals surface area contributed by atoms with Gasteiger partial charge in [0.1, 0.15) is 5.76 Å². The number of aryl methyl sites for hydroxylation is 1. The number of benzene rings is 2. The molecule has 4 nitrogen and oxygen atoms in total. The first-order valence-electron chi connectivity index (χ1n) is 8.37. The quantitative estimate of drug-likeness (QED) is 0.437. The number of carbonyl (C=O) groups excluding carboxylic acids is 2. The van der Waals surface area contributed by atoms with E-state index in [9.17, 15) is 9.59 Å². The van der Waals surface area contributed by atoms with Crippen molar-refractivity contribution in [2.24, 2.45) is 0 Å². The number of halogens is 1. The van der Waals surface area contributed by atoms with Crippen LogP contribution < -0.4 is 4.90 Å². The van der Waals surface area contributed by atoms with Crippen LogP contribution in [0.3, 0.4) is 0 Å². The van der Waals surface area contributed by atoms with Crippen LogP contribution >= 0.6 is 35.1 Å². The highest BCUT2D eigenvalue weighted by Crippen LogP contribution is 2.37. The summed E-state index contributed by atoms with van der Waals surface area (Å²) in [5.41, 5.74) is 1.69. The zero-order chi connectivity index (χ0) is 19.7. The van der Waals surface area contributed by atoms with Crippen molar-refractivity contribution in [3.63, 3.8) is 0 Å². The number of hydrogen-bond donors (Lipinski definition) is 0. The second-order valence-corrected chi connectivity index (χ2v) is 8.57. The fraction of sp³-hybridized carbons (Fsp3) is 0.0476. The van der Waals surface area contributed by atoms with Crippen molar-refractivity contribution in [2.75, 3.05) is 4.90 Å². The minimum atomic E-state index is -0.374. The van der Waals surface area contributed by atoms with Crippen molar-refractivity contribution in [2.45, 2.75) is 16.9 Å². The number of carbonyl (C=O) groups is 2. The van der Waals surface area contributed by atoms with Crippen LogP contribution in [0.2, 0.25) is 5.02 Å². The first kappa shape index (κ1) is 18.9. The van der Waals surface area contributed by atoms with E-state index in [4.69, 9.17) is 16.0 Å². The summed E-state index contributed by atoms with van der Waals surface area (Å²) in [5.74, 6) is 0.151. The highest BCUT2D eigenvalue weighted by Gasteiger charge is 2.36. The molecule has 0 radical (unpaired) electrons. The second kappa shape index (κ2) is 7.91. The SMILES string of the molecule is Cc1ccc(Sc2ccc(/C=C3/SC(=O)N(c4ccc(Cl)cc4)C3=O)o2)cc1. The summed E-state index contributed by atoms with van der Waals surface area (Å²) in [6.07, 6.45) is 1.60. The van der Waals surface area contributed by atoms with Crippen LogP contribution in [-0.2, 0) is 4.79 Å². The molecule has 0 unspecified atom stereocenters. The molecule has 0 saturated carbocycles. The van der Waals surface area contributed by atoms with Crippen molar-refractivity contribution < 1.29 is 14.0 Å². The molecule has 0 spiro atoms. The van der Waals surface area contributed by atoms with Gasteiger partial charge in [-0.3, -0.25) is 9.59 Å². The van der Waals surface area contributed by atoms with Crippen LogP contribution in [0.1, 0.15) is 11.3 Å². The van der Waals surface area contributed by atoms with Gasteiger partial charge in [-0.05, 0) is 67.2 Å². The summed E-state index contributed by atoms with van der Waals surface area (Å²) in [7, 11) is 0. The number of thioether (sulfide) groups is 1. The first-order chi connectivity index (χ1) is 13.5. The van der Waals surface area contributed by atoms with Gasteiger partial charge in [0.25, 0.3) is 11.1 Å². The smallest absolute Gasteiger partial charge is 0.298 e. The van der Waals surface area contributed by atoms with Gasteiger partial charge in [-0.1, -0.05) is 41.1 Å². The van der Waals surface area contributed by atoms with Gasteiger partial charge in [0, 0.05) is 16.0 Å². The minimum absolute atomic E-state index is 0.321. The molecule has 7 heteroatoms. The number of nitrogens with zero attached hydrogens (tertiary/aromatic N) is 1. The fourth-order valence-electron chi connectivity index (χ4n) is 2.60. The molecule has 1 saturated heterocycles. The summed E-state index contributed by atoms with van der Waals surface area (Å²) in [4.78, 5) is 27.5. The maximum absolute atomic E-state index is 12.7. The molecule has 1 fully saturated rings. The molecule has 0 aliphatic carbocycles. The molecule has 1 aliphatic rings. The lowest BCUT2D eigenvalue weighted by Gasteiger charge is -2.11. The van der Waals surface area contributed by atoms with E-state index in [2.05, 4.69) is 0 Å². The number of furan rings is 1. The molecule has 140 valence electrons. The minimum Gasteiger partial charge on any atom is -0.450 e. The third-order valence-electron chi connectivity index (χ3n) is 3.99. The summed E-state index contributed by atoms with van der Waals surface area (Å²) in [6, 6.07) is 18.3. The fourth-order valence-corrected chi connectivity index (χ4v) is 4.32. The normalized spacial score (nSPS) is 15.6. The molecule has 2 amide bonds. The van der Waals surface area contributed by atoms with E-state index in [0.717, 1.165) is 21.6 Å². The lowest BCUT2D eigenvalue weighted by Crippen LogP contribution is -2.27. The Balaban J connectivity index is 1.52. The number of rotatable bonds is 4. The standard InChI is InChI=1S/C21H14ClNO3S2/c1-13-2-9-17(10-3-13)27-19-11-8-16(26-19)12-18-20(24)23(21(25)28-18)15-6-4-14(22)5-7-15/h2-12H,1H3/b18-12+. The van der Waals surface area contributed by atoms with Crippen LogP contribution in [0, 0.1) is 6.92 Å². The highest BCUT2D eigenvalue weighted by molar-refractivity contribution is 8.19. The predicted octanol–water partition coefficient (Wildman–Crippen LogP) is 6.63. The highest BCUT2D eigenvalue weighted by atomic mass is 35.5. The van der Waals surface area contributed by atoms with Gasteiger partial charge < -0.3 is 4.42 Å². The van der Waals surface area contributed by atoms with Gasteiger partial charge in [0.05, 0.1) is 10.6 Å². The first-order valence-corrected chi connectivity index (χ1v) is 10.4. The van der Waals surface area contributed by atoms with Gasteiger partial charge >= 0.3 is 0 Å². The predicted molar refractivity (Wildman–Crippen MR) is 114 cm³/mol. The van der Waals surface area contributed by atoms with E-state index in [1.807, 2.05) is 37.3 Å². The Bertz CT molecular complexity index is 1070. The monoisotopic (exact) mass is 427 g/mol. The molecule has 0 bridgehead atoms. The Morgan fingerprint density at radius 2 is 1.71 bits per heavy atom. The van der Waals surface area contributed by atoms with Crippen LogP contribution in [0.5, 0.6) is 0 Å². The van der Waals surface area contributed by atoms with Crippen LogP contribution in [0.15, 0.2) is 80.0 Å². The molecular formula is C21H14ClNO3S2. The van der Waals surface area contributed by atoms with Crippen LogP contribution in [0.4, 0.5) is 10.5 Å². The van der Waals surface area contributed by atoms with Gasteiger partial charge in [0.2, 0.25) is 0 Å². The average Bonchev–Trinajstić information content (AvgIpc) is 3.22. The van der Waals surface area contributed by atoms with Gasteiger partial charge in [-0.25, -0.2) is 4.90 Å². The Hall–Kier alpha value is -2.41. The molecule has 28 heavy (non-hydrogen) atoms. The van der Waals surface area contributed by atoms with Crippen molar-refractivity contribution in [1.82, 2.24) is 0 Å². The maximum atomic E-state index is 12.7. The van der Waals surface area contributed by atoms with Crippen molar-refractivity contribution in [3.8, 4) is 0 Å². The number of amides is 2. The van der Waals surface area contributed by atoms with Crippen LogP contribution in [-0.4, -0.2) is 11.1 Å². The Kier molecular flexibility index (Phi) is 5.35. The molecule has 3 aromatic rings. The zero-order valence-electron chi connectivity index (χ0n) is 14.7. The van der Waals surface area contributed by atoms with Gasteiger partial charge in [-0.15, -0.1) is 0 Å². The largest absolute Gasteiger partial charge is 0.450 e. The summed E-state index contributed by atoms with van der Waals surface area (Å²) < 4.78 is 5.79. The Morgan fingerprint density at radius 1 is 1.00 bits per heavy atom. The molecule has 1 aromatic heterocycles. The van der Waals surface area contributed by atoms with E-state index in [1.165, 1.54) is 17.3 Å². The zero-order valence-corrected chi connectivity index (χ0v) is 17.1. The summed E-state index contributed by atoms with van der Waals surface area (Å²) >= 11 is 8.26. The van der Waals surface area contributed by atoms with Gasteiger partial charge in [-0.2, -0.15) is 0 Å². The summed E-state index contributed by atoms with van der Waals surface area (Å²) in [6.45, 7) is 2.04. The molecule has 0 N–H and O–H groups in total. The number of hydrogen-bond acceptors (Lipinski definition) is 5. The van der Waals surface area contributed by atoms with Crippen molar-refractivity contribution >= 4 is 58.0 Å². The van der Waals surface area contributed by atoms with Crippen molar-refractivity contribution in [3.05, 3.63) is 81.9 Å². The Morgan fingerprint density at radius 3 is 2.43 bits per heavy atom. The third kappa shape index (κ3) is 4.04. The lowest BCUT2D eigenvalue weighted by atomic mass is 10.2. The van der Waals surface area contributed by atoms with E-state index in [0.29, 0.717) is 26.5 Å². The molecule has 2 aromatic carbocycles. The molecule has 1 aliphatic heterocycles. The topological polar surface area (TPSA) is 50.5 Å². The second-order valence-electron chi connectivity index (χ2n) is 6.07. The molecule has 0 atom stereocenters. The third-order valence-corrected chi connectivity index (χ3v) is 6.04. The van der Waals surface area contributed by atoms with E-state index in [-0.39, 0.29) is 11.1 Å². The maximum Gasteiger partial charge on any atom is 0.298 e. The van der Waals surface area contributed by atoms with E-state index in [1.54, 1.807) is 36.4 Å². The van der Waals surface area contributed by atoms with E-state index >= 15 is 0 Å².